The van der Waals surface area contributed by atoms with E-state index >= 15 is 0 Å². The third-order valence-corrected chi connectivity index (χ3v) is 4.31. The second kappa shape index (κ2) is 7.56. The van der Waals surface area contributed by atoms with Crippen LogP contribution in [0.15, 0.2) is 29.2 Å². The second-order valence-electron chi connectivity index (χ2n) is 5.18. The van der Waals surface area contributed by atoms with E-state index < -0.39 is 20.1 Å². The topological polar surface area (TPSA) is 43.4 Å². The molecule has 3 nitrogen and oxygen atoms in total. The van der Waals surface area contributed by atoms with Crippen LogP contribution in [0.5, 0.6) is 0 Å². The lowest BCUT2D eigenvalue weighted by Gasteiger charge is -2.14. The number of aryl methyl sites for hydroxylation is 1. The van der Waals surface area contributed by atoms with E-state index in [1.807, 2.05) is 6.92 Å². The van der Waals surface area contributed by atoms with E-state index in [0.717, 1.165) is 5.56 Å². The van der Waals surface area contributed by atoms with Crippen molar-refractivity contribution in [3.8, 4) is 23.0 Å². The van der Waals surface area contributed by atoms with Crippen LogP contribution in [0, 0.1) is 29.9 Å². The maximum atomic E-state index is 11.8. The van der Waals surface area contributed by atoms with Crippen LogP contribution in [0.1, 0.15) is 12.0 Å². The van der Waals surface area contributed by atoms with E-state index in [4.69, 9.17) is 4.18 Å². The van der Waals surface area contributed by atoms with Gasteiger partial charge in [-0.15, -0.1) is 0 Å². The van der Waals surface area contributed by atoms with Gasteiger partial charge in [-0.25, -0.2) is 0 Å². The van der Waals surface area contributed by atoms with Gasteiger partial charge in [-0.05, 0) is 37.8 Å². The molecule has 0 spiro atoms. The Morgan fingerprint density at radius 3 is 2.19 bits per heavy atom. The predicted molar refractivity (Wildman–Crippen MR) is 89.8 cm³/mol. The molecule has 0 aliphatic carbocycles. The van der Waals surface area contributed by atoms with Gasteiger partial charge in [-0.1, -0.05) is 40.7 Å². The molecule has 0 bridgehead atoms. The number of rotatable bonds is 3. The first-order valence-electron chi connectivity index (χ1n) is 6.30. The van der Waals surface area contributed by atoms with Crippen LogP contribution in [0.2, 0.25) is 0 Å². The van der Waals surface area contributed by atoms with Crippen molar-refractivity contribution in [2.45, 2.75) is 18.2 Å². The lowest BCUT2D eigenvalue weighted by molar-refractivity contribution is 0.363. The highest BCUT2D eigenvalue weighted by Gasteiger charge is 2.13. The summed E-state index contributed by atoms with van der Waals surface area (Å²) in [5, 5.41) is 3.13. The number of hydrogen-bond donors (Lipinski definition) is 0. The fourth-order valence-electron chi connectivity index (χ4n) is 1.29. The predicted octanol–water partition coefficient (Wildman–Crippen LogP) is 2.75. The normalized spacial score (nSPS) is 11.8. The number of hydrogen-bond acceptors (Lipinski definition) is 3. The molecule has 0 fully saturated rings. The Kier molecular flexibility index (Phi) is 6.36. The molecule has 0 aliphatic heterocycles. The SMILES string of the molecule is Cc1ccc(S(=O)(=O)OCC#CCC#CS(C)(C)C)cc1. The third kappa shape index (κ3) is 7.24. The standard InChI is InChI=1S/C16H20O3S2/c1-15-9-11-16(12-10-15)21(17,18)19-13-7-5-6-8-14-20(2,3)4/h9-12H,6,13H2,1-4H3. The Morgan fingerprint density at radius 1 is 1.00 bits per heavy atom. The first-order chi connectivity index (χ1) is 9.71. The fraction of sp³-hybridized carbons (Fsp3) is 0.375. The zero-order chi connectivity index (χ0) is 15.9. The van der Waals surface area contributed by atoms with E-state index in [2.05, 4.69) is 41.8 Å². The first kappa shape index (κ1) is 17.7. The molecule has 0 saturated carbocycles. The molecule has 1 aromatic carbocycles. The molecule has 0 heterocycles. The minimum Gasteiger partial charge on any atom is -0.253 e. The third-order valence-electron chi connectivity index (χ3n) is 2.28. The maximum absolute atomic E-state index is 11.8. The van der Waals surface area contributed by atoms with E-state index in [-0.39, 0.29) is 11.5 Å². The second-order valence-corrected chi connectivity index (χ2v) is 10.7. The summed E-state index contributed by atoms with van der Waals surface area (Å²) in [7, 11) is -4.56. The van der Waals surface area contributed by atoms with E-state index in [1.165, 1.54) is 12.1 Å². The molecule has 0 aromatic heterocycles. The monoisotopic (exact) mass is 324 g/mol. The minimum absolute atomic E-state index is 0.144. The van der Waals surface area contributed by atoms with Gasteiger partial charge in [0, 0.05) is 0 Å². The summed E-state index contributed by atoms with van der Waals surface area (Å²) in [6.45, 7) is 1.74. The Labute approximate surface area is 129 Å². The summed E-state index contributed by atoms with van der Waals surface area (Å²) in [4.78, 5) is 0.144. The summed E-state index contributed by atoms with van der Waals surface area (Å²) in [5.41, 5.74) is 0.994. The highest BCUT2D eigenvalue weighted by molar-refractivity contribution is 8.35. The van der Waals surface area contributed by atoms with Gasteiger partial charge in [0.25, 0.3) is 10.1 Å². The van der Waals surface area contributed by atoms with Gasteiger partial charge in [0.1, 0.15) is 6.61 Å². The van der Waals surface area contributed by atoms with E-state index in [0.29, 0.717) is 6.42 Å². The van der Waals surface area contributed by atoms with Crippen molar-refractivity contribution < 1.29 is 12.6 Å². The molecule has 0 amide bonds. The van der Waals surface area contributed by atoms with Crippen LogP contribution in [0.25, 0.3) is 0 Å². The van der Waals surface area contributed by atoms with Gasteiger partial charge in [0.15, 0.2) is 0 Å². The molecule has 0 aliphatic rings. The summed E-state index contributed by atoms with van der Waals surface area (Å²) in [6, 6.07) is 6.50. The van der Waals surface area contributed by atoms with E-state index in [9.17, 15) is 8.42 Å². The molecule has 1 aromatic rings. The van der Waals surface area contributed by atoms with Crippen molar-refractivity contribution in [1.29, 1.82) is 0 Å². The first-order valence-corrected chi connectivity index (χ1v) is 10.6. The fourth-order valence-corrected chi connectivity index (χ4v) is 2.62. The molecule has 0 atom stereocenters. The lowest BCUT2D eigenvalue weighted by Crippen LogP contribution is -2.06. The van der Waals surface area contributed by atoms with Crippen molar-refractivity contribution in [3.63, 3.8) is 0 Å². The molecule has 0 unspecified atom stereocenters. The van der Waals surface area contributed by atoms with Crippen molar-refractivity contribution in [2.24, 2.45) is 0 Å². The average Bonchev–Trinajstić information content (AvgIpc) is 2.36. The lowest BCUT2D eigenvalue weighted by atomic mass is 10.2. The molecule has 0 N–H and O–H groups in total. The van der Waals surface area contributed by atoms with Crippen LogP contribution in [0.4, 0.5) is 0 Å². The molecule has 0 radical (unpaired) electrons. The quantitative estimate of drug-likeness (QED) is 0.634. The molecule has 114 valence electrons. The molecule has 5 heteroatoms. The van der Waals surface area contributed by atoms with Crippen LogP contribution in [0.3, 0.4) is 0 Å². The van der Waals surface area contributed by atoms with Crippen molar-refractivity contribution >= 4 is 20.1 Å². The summed E-state index contributed by atoms with van der Waals surface area (Å²) >= 11 is 0. The van der Waals surface area contributed by atoms with Gasteiger partial charge < -0.3 is 0 Å². The molecule has 1 rings (SSSR count). The summed E-state index contributed by atoms with van der Waals surface area (Å²) in [6.07, 6.45) is 6.73. The molecule has 0 saturated heterocycles. The van der Waals surface area contributed by atoms with E-state index in [1.54, 1.807) is 12.1 Å². The van der Waals surface area contributed by atoms with Crippen LogP contribution < -0.4 is 0 Å². The van der Waals surface area contributed by atoms with Crippen LogP contribution in [-0.2, 0) is 14.3 Å². The van der Waals surface area contributed by atoms with Gasteiger partial charge in [-0.2, -0.15) is 18.4 Å². The molecule has 21 heavy (non-hydrogen) atoms. The highest BCUT2D eigenvalue weighted by Crippen LogP contribution is 2.32. The Balaban J connectivity index is 2.52. The van der Waals surface area contributed by atoms with Gasteiger partial charge in [0.05, 0.1) is 11.3 Å². The minimum atomic E-state index is -3.73. The Morgan fingerprint density at radius 2 is 1.62 bits per heavy atom. The van der Waals surface area contributed by atoms with Gasteiger partial charge in [0.2, 0.25) is 0 Å². The zero-order valence-electron chi connectivity index (χ0n) is 12.8. The van der Waals surface area contributed by atoms with Crippen LogP contribution >= 0.6 is 10.0 Å². The van der Waals surface area contributed by atoms with Crippen molar-refractivity contribution in [2.75, 3.05) is 25.4 Å². The highest BCUT2D eigenvalue weighted by atomic mass is 32.3. The van der Waals surface area contributed by atoms with Crippen molar-refractivity contribution in [1.82, 2.24) is 0 Å². The largest absolute Gasteiger partial charge is 0.297 e. The summed E-state index contributed by atoms with van der Waals surface area (Å²) in [5.74, 6) is 8.42. The average molecular weight is 324 g/mol. The number of benzene rings is 1. The van der Waals surface area contributed by atoms with Crippen molar-refractivity contribution in [3.05, 3.63) is 29.8 Å². The Hall–Kier alpha value is -1.40. The smallest absolute Gasteiger partial charge is 0.253 e. The Bertz CT molecular complexity index is 688. The van der Waals surface area contributed by atoms with Gasteiger partial charge >= 0.3 is 0 Å². The molecular weight excluding hydrogens is 304 g/mol. The maximum Gasteiger partial charge on any atom is 0.297 e. The summed E-state index contributed by atoms with van der Waals surface area (Å²) < 4.78 is 28.6. The zero-order valence-corrected chi connectivity index (χ0v) is 14.4. The molecular formula is C16H20O3S2. The van der Waals surface area contributed by atoms with Crippen LogP contribution in [-0.4, -0.2) is 33.8 Å². The van der Waals surface area contributed by atoms with Gasteiger partial charge in [-0.3, -0.25) is 4.18 Å².